The van der Waals surface area contributed by atoms with E-state index in [0.717, 1.165) is 36.9 Å². The number of unbranched alkanes of at least 4 members (excludes halogenated alkanes) is 1. The van der Waals surface area contributed by atoms with E-state index in [4.69, 9.17) is 4.74 Å². The molecule has 0 aliphatic rings. The monoisotopic (exact) mass is 306 g/mol. The Kier molecular flexibility index (Phi) is 8.91. The molecule has 0 aromatic heterocycles. The molecule has 122 valence electrons. The summed E-state index contributed by atoms with van der Waals surface area (Å²) in [5.74, 6) is 0.871. The fraction of sp³-hybridized carbons (Fsp3) is 0.529. The predicted molar refractivity (Wildman–Crippen MR) is 87.1 cm³/mol. The lowest BCUT2D eigenvalue weighted by molar-refractivity contribution is -0.120. The molecule has 22 heavy (non-hydrogen) atoms. The third-order valence-electron chi connectivity index (χ3n) is 3.53. The van der Waals surface area contributed by atoms with Crippen LogP contribution in [0.25, 0.3) is 0 Å². The highest BCUT2D eigenvalue weighted by Gasteiger charge is 2.04. The average Bonchev–Trinajstić information content (AvgIpc) is 2.56. The van der Waals surface area contributed by atoms with Gasteiger partial charge < -0.3 is 20.2 Å². The summed E-state index contributed by atoms with van der Waals surface area (Å²) in [6, 6.07) is 7.78. The molecule has 0 saturated carbocycles. The molecule has 2 N–H and O–H groups in total. The zero-order valence-electron chi connectivity index (χ0n) is 13.4. The Balaban J connectivity index is 2.28. The molecule has 0 saturated heterocycles. The van der Waals surface area contributed by atoms with Crippen LogP contribution in [0.4, 0.5) is 0 Å². The van der Waals surface area contributed by atoms with Gasteiger partial charge >= 0.3 is 0 Å². The van der Waals surface area contributed by atoms with Crippen LogP contribution in [0.15, 0.2) is 24.3 Å². The Bertz CT molecular complexity index is 463. The van der Waals surface area contributed by atoms with Crippen molar-refractivity contribution in [3.05, 3.63) is 29.8 Å². The third-order valence-corrected chi connectivity index (χ3v) is 3.53. The normalized spacial score (nSPS) is 11.7. The molecule has 5 heteroatoms. The molecule has 1 rings (SSSR count). The van der Waals surface area contributed by atoms with Gasteiger partial charge in [0.25, 0.3) is 0 Å². The molecule has 0 aliphatic heterocycles. The van der Waals surface area contributed by atoms with Gasteiger partial charge in [-0.25, -0.2) is 0 Å². The molecule has 1 atom stereocenters. The van der Waals surface area contributed by atoms with E-state index in [1.807, 2.05) is 24.3 Å². The zero-order valence-corrected chi connectivity index (χ0v) is 13.4. The summed E-state index contributed by atoms with van der Waals surface area (Å²) in [4.78, 5) is 21.9. The van der Waals surface area contributed by atoms with E-state index in [2.05, 4.69) is 10.6 Å². The van der Waals surface area contributed by atoms with E-state index >= 15 is 0 Å². The summed E-state index contributed by atoms with van der Waals surface area (Å²) in [7, 11) is 3.44. The lowest BCUT2D eigenvalue weighted by atomic mass is 10.1. The number of amides is 1. The Morgan fingerprint density at radius 1 is 1.32 bits per heavy atom. The Labute approximate surface area is 132 Å². The summed E-state index contributed by atoms with van der Waals surface area (Å²) < 4.78 is 5.72. The second kappa shape index (κ2) is 10.8. The SMILES string of the molecule is CNC(=O)CCc1cccc(OCCCCC(C=O)NC)c1. The highest BCUT2D eigenvalue weighted by atomic mass is 16.5. The number of ether oxygens (including phenoxy) is 1. The summed E-state index contributed by atoms with van der Waals surface area (Å²) in [5.41, 5.74) is 1.09. The number of likely N-dealkylation sites (N-methyl/N-ethyl adjacent to an activating group) is 1. The van der Waals surface area contributed by atoms with Gasteiger partial charge in [-0.15, -0.1) is 0 Å². The fourth-order valence-electron chi connectivity index (χ4n) is 2.11. The maximum absolute atomic E-state index is 11.2. The highest BCUT2D eigenvalue weighted by Crippen LogP contribution is 2.15. The van der Waals surface area contributed by atoms with E-state index in [9.17, 15) is 9.59 Å². The van der Waals surface area contributed by atoms with Crippen LogP contribution in [-0.2, 0) is 16.0 Å². The standard InChI is InChI=1S/C17H26N2O3/c1-18-15(13-20)7-3-4-11-22-16-8-5-6-14(12-16)9-10-17(21)19-2/h5-6,8,12-13,15,18H,3-4,7,9-11H2,1-2H3,(H,19,21). The average molecular weight is 306 g/mol. The van der Waals surface area contributed by atoms with Crippen molar-refractivity contribution in [3.63, 3.8) is 0 Å². The number of rotatable bonds is 11. The first kappa shape index (κ1) is 18.2. The van der Waals surface area contributed by atoms with Gasteiger partial charge in [0.1, 0.15) is 12.0 Å². The van der Waals surface area contributed by atoms with Gasteiger partial charge in [0.2, 0.25) is 5.91 Å². The van der Waals surface area contributed by atoms with E-state index < -0.39 is 0 Å². The van der Waals surface area contributed by atoms with Gasteiger partial charge in [-0.2, -0.15) is 0 Å². The van der Waals surface area contributed by atoms with Crippen LogP contribution < -0.4 is 15.4 Å². The molecule has 1 aromatic carbocycles. The topological polar surface area (TPSA) is 67.4 Å². The smallest absolute Gasteiger partial charge is 0.220 e. The lowest BCUT2D eigenvalue weighted by Crippen LogP contribution is -2.26. The van der Waals surface area contributed by atoms with Crippen LogP contribution >= 0.6 is 0 Å². The number of aldehydes is 1. The van der Waals surface area contributed by atoms with E-state index in [-0.39, 0.29) is 11.9 Å². The van der Waals surface area contributed by atoms with Gasteiger partial charge in [-0.3, -0.25) is 4.79 Å². The third kappa shape index (κ3) is 7.22. The minimum absolute atomic E-state index is 0.0422. The molecule has 5 nitrogen and oxygen atoms in total. The van der Waals surface area contributed by atoms with Crippen molar-refractivity contribution >= 4 is 12.2 Å². The first-order valence-corrected chi connectivity index (χ1v) is 7.74. The summed E-state index contributed by atoms with van der Waals surface area (Å²) in [6.45, 7) is 0.633. The van der Waals surface area contributed by atoms with Crippen LogP contribution in [0.2, 0.25) is 0 Å². The molecule has 1 amide bonds. The highest BCUT2D eigenvalue weighted by molar-refractivity contribution is 5.75. The molecule has 0 aliphatic carbocycles. The van der Waals surface area contributed by atoms with Crippen molar-refractivity contribution < 1.29 is 14.3 Å². The maximum Gasteiger partial charge on any atom is 0.220 e. The van der Waals surface area contributed by atoms with Crippen LogP contribution in [0.1, 0.15) is 31.2 Å². The van der Waals surface area contributed by atoms with Crippen molar-refractivity contribution in [3.8, 4) is 5.75 Å². The van der Waals surface area contributed by atoms with Gasteiger partial charge in [0.05, 0.1) is 12.6 Å². The number of benzene rings is 1. The number of hydrogen-bond donors (Lipinski definition) is 2. The Morgan fingerprint density at radius 3 is 2.82 bits per heavy atom. The van der Waals surface area contributed by atoms with E-state index in [1.54, 1.807) is 14.1 Å². The van der Waals surface area contributed by atoms with Gasteiger partial charge in [-0.05, 0) is 50.4 Å². The molecule has 0 radical (unpaired) electrons. The summed E-state index contributed by atoms with van der Waals surface area (Å²) >= 11 is 0. The van der Waals surface area contributed by atoms with Crippen LogP contribution in [0.3, 0.4) is 0 Å². The fourth-order valence-corrected chi connectivity index (χ4v) is 2.11. The second-order valence-corrected chi connectivity index (χ2v) is 5.20. The zero-order chi connectivity index (χ0) is 16.2. The Hall–Kier alpha value is -1.88. The second-order valence-electron chi connectivity index (χ2n) is 5.20. The van der Waals surface area contributed by atoms with Crippen LogP contribution in [0.5, 0.6) is 5.75 Å². The molecule has 1 unspecified atom stereocenters. The first-order valence-electron chi connectivity index (χ1n) is 7.74. The van der Waals surface area contributed by atoms with Crippen LogP contribution in [-0.4, -0.2) is 38.9 Å². The van der Waals surface area contributed by atoms with Crippen LogP contribution in [0, 0.1) is 0 Å². The minimum atomic E-state index is -0.0620. The Morgan fingerprint density at radius 2 is 2.14 bits per heavy atom. The van der Waals surface area contributed by atoms with Crippen molar-refractivity contribution in [2.75, 3.05) is 20.7 Å². The molecule has 0 fully saturated rings. The first-order chi connectivity index (χ1) is 10.7. The predicted octanol–water partition coefficient (Wildman–Crippen LogP) is 1.70. The molecule has 0 heterocycles. The minimum Gasteiger partial charge on any atom is -0.494 e. The molecular formula is C17H26N2O3. The van der Waals surface area contributed by atoms with Crippen molar-refractivity contribution in [1.29, 1.82) is 0 Å². The number of hydrogen-bond acceptors (Lipinski definition) is 4. The van der Waals surface area contributed by atoms with Crippen molar-refractivity contribution in [2.45, 2.75) is 38.1 Å². The number of carbonyl (C=O) groups is 2. The molecular weight excluding hydrogens is 280 g/mol. The molecule has 1 aromatic rings. The van der Waals surface area contributed by atoms with Gasteiger partial charge in [0.15, 0.2) is 0 Å². The van der Waals surface area contributed by atoms with Gasteiger partial charge in [0, 0.05) is 13.5 Å². The maximum atomic E-state index is 11.2. The molecule has 0 spiro atoms. The number of nitrogens with one attached hydrogen (secondary N) is 2. The quantitative estimate of drug-likeness (QED) is 0.482. The molecule has 0 bridgehead atoms. The van der Waals surface area contributed by atoms with Gasteiger partial charge in [-0.1, -0.05) is 12.1 Å². The number of carbonyl (C=O) groups excluding carboxylic acids is 2. The lowest BCUT2D eigenvalue weighted by Gasteiger charge is -2.10. The van der Waals surface area contributed by atoms with E-state index in [1.165, 1.54) is 0 Å². The number of aryl methyl sites for hydroxylation is 1. The van der Waals surface area contributed by atoms with Crippen molar-refractivity contribution in [1.82, 2.24) is 10.6 Å². The summed E-state index contributed by atoms with van der Waals surface area (Å²) in [6.07, 6.45) is 4.82. The van der Waals surface area contributed by atoms with E-state index in [0.29, 0.717) is 19.4 Å². The summed E-state index contributed by atoms with van der Waals surface area (Å²) in [5, 5.41) is 5.57. The largest absolute Gasteiger partial charge is 0.494 e. The van der Waals surface area contributed by atoms with Crippen molar-refractivity contribution in [2.24, 2.45) is 0 Å².